The highest BCUT2D eigenvalue weighted by molar-refractivity contribution is 7.12. The van der Waals surface area contributed by atoms with E-state index in [2.05, 4.69) is 11.8 Å². The number of nitrogens with zero attached hydrogens (tertiary/aromatic N) is 1. The lowest BCUT2D eigenvalue weighted by Crippen LogP contribution is -2.38. The Bertz CT molecular complexity index is 350. The number of carbonyl (C=O) groups excluding carboxylic acids is 1. The molecule has 1 aliphatic heterocycles. The van der Waals surface area contributed by atoms with Crippen LogP contribution in [0.2, 0.25) is 0 Å². The van der Waals surface area contributed by atoms with Gasteiger partial charge in [-0.1, -0.05) is 13.0 Å². The zero-order valence-corrected chi connectivity index (χ0v) is 10.2. The van der Waals surface area contributed by atoms with Gasteiger partial charge in [-0.2, -0.15) is 0 Å². The van der Waals surface area contributed by atoms with Crippen molar-refractivity contribution in [3.05, 3.63) is 22.4 Å². The van der Waals surface area contributed by atoms with Gasteiger partial charge in [0, 0.05) is 6.04 Å². The summed E-state index contributed by atoms with van der Waals surface area (Å²) in [5.41, 5.74) is 0. The standard InChI is InChI=1S/C12H17NO2S/c1-9-4-5-13(10(9)8-14)7-11(15)12-3-2-6-16-12/h2-3,6,9-10,14H,4-5,7-8H2,1H3. The van der Waals surface area contributed by atoms with E-state index in [9.17, 15) is 9.90 Å². The van der Waals surface area contributed by atoms with Crippen molar-refractivity contribution in [1.29, 1.82) is 0 Å². The lowest BCUT2D eigenvalue weighted by atomic mass is 10.0. The van der Waals surface area contributed by atoms with Gasteiger partial charge in [-0.15, -0.1) is 11.3 Å². The highest BCUT2D eigenvalue weighted by Gasteiger charge is 2.31. The van der Waals surface area contributed by atoms with Crippen LogP contribution in [0.3, 0.4) is 0 Å². The van der Waals surface area contributed by atoms with E-state index >= 15 is 0 Å². The molecule has 3 nitrogen and oxygen atoms in total. The Morgan fingerprint density at radius 1 is 1.69 bits per heavy atom. The SMILES string of the molecule is CC1CCN(CC(=O)c2cccs2)C1CO. The average molecular weight is 239 g/mol. The molecule has 1 aromatic rings. The molecule has 1 aliphatic rings. The average Bonchev–Trinajstić information content (AvgIpc) is 2.88. The molecule has 1 fully saturated rings. The Balaban J connectivity index is 1.97. The van der Waals surface area contributed by atoms with Crippen LogP contribution in [0, 0.1) is 5.92 Å². The highest BCUT2D eigenvalue weighted by Crippen LogP contribution is 2.24. The maximum absolute atomic E-state index is 11.9. The number of aliphatic hydroxyl groups is 1. The molecule has 0 bridgehead atoms. The number of rotatable bonds is 4. The second-order valence-electron chi connectivity index (χ2n) is 4.39. The van der Waals surface area contributed by atoms with Crippen molar-refractivity contribution >= 4 is 17.1 Å². The van der Waals surface area contributed by atoms with Gasteiger partial charge in [0.05, 0.1) is 18.0 Å². The molecule has 4 heteroatoms. The molecule has 0 spiro atoms. The zero-order chi connectivity index (χ0) is 11.5. The number of hydrogen-bond donors (Lipinski definition) is 1. The molecule has 1 saturated heterocycles. The summed E-state index contributed by atoms with van der Waals surface area (Å²) in [6.45, 7) is 3.65. The van der Waals surface area contributed by atoms with E-state index in [0.29, 0.717) is 12.5 Å². The molecule has 2 heterocycles. The van der Waals surface area contributed by atoms with Crippen LogP contribution < -0.4 is 0 Å². The molecule has 0 saturated carbocycles. The van der Waals surface area contributed by atoms with E-state index in [4.69, 9.17) is 0 Å². The zero-order valence-electron chi connectivity index (χ0n) is 9.43. The minimum absolute atomic E-state index is 0.152. The largest absolute Gasteiger partial charge is 0.395 e. The summed E-state index contributed by atoms with van der Waals surface area (Å²) in [5.74, 6) is 0.656. The van der Waals surface area contributed by atoms with Crippen LogP contribution in [0.1, 0.15) is 23.0 Å². The molecule has 2 atom stereocenters. The van der Waals surface area contributed by atoms with Gasteiger partial charge in [-0.25, -0.2) is 0 Å². The molecule has 16 heavy (non-hydrogen) atoms. The molecular formula is C12H17NO2S. The molecule has 1 N–H and O–H groups in total. The Morgan fingerprint density at radius 2 is 2.50 bits per heavy atom. The van der Waals surface area contributed by atoms with Crippen LogP contribution in [-0.4, -0.2) is 41.5 Å². The quantitative estimate of drug-likeness (QED) is 0.812. The van der Waals surface area contributed by atoms with Crippen molar-refractivity contribution in [2.24, 2.45) is 5.92 Å². The predicted octanol–water partition coefficient (Wildman–Crippen LogP) is 1.63. The lowest BCUT2D eigenvalue weighted by Gasteiger charge is -2.23. The number of hydrogen-bond acceptors (Lipinski definition) is 4. The van der Waals surface area contributed by atoms with Gasteiger partial charge in [-0.3, -0.25) is 9.69 Å². The number of likely N-dealkylation sites (tertiary alicyclic amines) is 1. The maximum atomic E-state index is 11.9. The fourth-order valence-electron chi connectivity index (χ4n) is 2.28. The van der Waals surface area contributed by atoms with E-state index in [1.165, 1.54) is 11.3 Å². The molecule has 0 radical (unpaired) electrons. The van der Waals surface area contributed by atoms with Crippen LogP contribution in [0.15, 0.2) is 17.5 Å². The summed E-state index contributed by atoms with van der Waals surface area (Å²) in [5, 5.41) is 11.2. The van der Waals surface area contributed by atoms with Crippen molar-refractivity contribution in [2.75, 3.05) is 19.7 Å². The van der Waals surface area contributed by atoms with E-state index in [-0.39, 0.29) is 18.4 Å². The van der Waals surface area contributed by atoms with Crippen LogP contribution in [-0.2, 0) is 0 Å². The first-order chi connectivity index (χ1) is 7.72. The Morgan fingerprint density at radius 3 is 3.12 bits per heavy atom. The van der Waals surface area contributed by atoms with Gasteiger partial charge in [-0.05, 0) is 30.3 Å². The molecule has 2 unspecified atom stereocenters. The van der Waals surface area contributed by atoms with Crippen molar-refractivity contribution in [3.63, 3.8) is 0 Å². The van der Waals surface area contributed by atoms with Gasteiger partial charge < -0.3 is 5.11 Å². The van der Waals surface area contributed by atoms with Gasteiger partial charge in [0.1, 0.15) is 0 Å². The van der Waals surface area contributed by atoms with Gasteiger partial charge in [0.2, 0.25) is 0 Å². The lowest BCUT2D eigenvalue weighted by molar-refractivity contribution is 0.0870. The summed E-state index contributed by atoms with van der Waals surface area (Å²) in [6, 6.07) is 3.91. The fraction of sp³-hybridized carbons (Fsp3) is 0.583. The number of ketones is 1. The fourth-order valence-corrected chi connectivity index (χ4v) is 2.94. The minimum atomic E-state index is 0.152. The Kier molecular flexibility index (Phi) is 3.74. The molecule has 1 aromatic heterocycles. The van der Waals surface area contributed by atoms with Crippen LogP contribution >= 0.6 is 11.3 Å². The first-order valence-corrected chi connectivity index (χ1v) is 6.52. The van der Waals surface area contributed by atoms with E-state index in [1.807, 2.05) is 17.5 Å². The summed E-state index contributed by atoms with van der Waals surface area (Å²) < 4.78 is 0. The van der Waals surface area contributed by atoms with Crippen LogP contribution in [0.25, 0.3) is 0 Å². The molecule has 2 rings (SSSR count). The third-order valence-corrected chi connectivity index (χ3v) is 4.24. The third-order valence-electron chi connectivity index (χ3n) is 3.33. The van der Waals surface area contributed by atoms with E-state index in [1.54, 1.807) is 0 Å². The number of thiophene rings is 1. The second kappa shape index (κ2) is 5.08. The first kappa shape index (κ1) is 11.8. The number of aliphatic hydroxyl groups excluding tert-OH is 1. The van der Waals surface area contributed by atoms with Gasteiger partial charge >= 0.3 is 0 Å². The van der Waals surface area contributed by atoms with Crippen molar-refractivity contribution in [1.82, 2.24) is 4.90 Å². The van der Waals surface area contributed by atoms with Crippen LogP contribution in [0.5, 0.6) is 0 Å². The predicted molar refractivity (Wildman–Crippen MR) is 64.9 cm³/mol. The van der Waals surface area contributed by atoms with E-state index in [0.717, 1.165) is 17.8 Å². The summed E-state index contributed by atoms with van der Waals surface area (Å²) in [4.78, 5) is 14.8. The molecular weight excluding hydrogens is 222 g/mol. The molecule has 0 aliphatic carbocycles. The van der Waals surface area contributed by atoms with Crippen molar-refractivity contribution < 1.29 is 9.90 Å². The normalized spacial score (nSPS) is 26.1. The van der Waals surface area contributed by atoms with Crippen molar-refractivity contribution in [2.45, 2.75) is 19.4 Å². The highest BCUT2D eigenvalue weighted by atomic mass is 32.1. The van der Waals surface area contributed by atoms with Crippen LogP contribution in [0.4, 0.5) is 0 Å². The molecule has 0 amide bonds. The first-order valence-electron chi connectivity index (χ1n) is 5.64. The Labute approximate surface area is 99.7 Å². The number of carbonyl (C=O) groups is 1. The molecule has 0 aromatic carbocycles. The van der Waals surface area contributed by atoms with Crippen molar-refractivity contribution in [3.8, 4) is 0 Å². The Hall–Kier alpha value is -0.710. The summed E-state index contributed by atoms with van der Waals surface area (Å²) >= 11 is 1.49. The van der Waals surface area contributed by atoms with E-state index < -0.39 is 0 Å². The van der Waals surface area contributed by atoms with Gasteiger partial charge in [0.15, 0.2) is 5.78 Å². The third kappa shape index (κ3) is 2.34. The number of Topliss-reactive ketones (excluding diaryl/α,β-unsaturated/α-hetero) is 1. The monoisotopic (exact) mass is 239 g/mol. The minimum Gasteiger partial charge on any atom is -0.395 e. The van der Waals surface area contributed by atoms with Gasteiger partial charge in [0.25, 0.3) is 0 Å². The summed E-state index contributed by atoms with van der Waals surface area (Å²) in [6.07, 6.45) is 1.07. The summed E-state index contributed by atoms with van der Waals surface area (Å²) in [7, 11) is 0. The maximum Gasteiger partial charge on any atom is 0.186 e. The topological polar surface area (TPSA) is 40.5 Å². The smallest absolute Gasteiger partial charge is 0.186 e. The molecule has 88 valence electrons. The second-order valence-corrected chi connectivity index (χ2v) is 5.33.